The Morgan fingerprint density at radius 3 is 1.79 bits per heavy atom. The van der Waals surface area contributed by atoms with Crippen LogP contribution >= 0.6 is 0 Å². The van der Waals surface area contributed by atoms with Gasteiger partial charge in [0.05, 0.1) is 0 Å². The maximum absolute atomic E-state index is 11.6. The van der Waals surface area contributed by atoms with Crippen molar-refractivity contribution in [3.8, 4) is 5.75 Å². The van der Waals surface area contributed by atoms with Gasteiger partial charge in [0.2, 0.25) is 0 Å². The molecule has 1 N–H and O–H groups in total. The monoisotopic (exact) mass is 390 g/mol. The lowest BCUT2D eigenvalue weighted by atomic mass is 9.99. The third-order valence-corrected chi connectivity index (χ3v) is 5.13. The molecule has 4 heteroatoms. The van der Waals surface area contributed by atoms with E-state index in [1.165, 1.54) is 83.6 Å². The van der Waals surface area contributed by atoms with E-state index in [0.717, 1.165) is 18.4 Å². The molecule has 0 radical (unpaired) electrons. The van der Waals surface area contributed by atoms with Crippen molar-refractivity contribution in [3.63, 3.8) is 0 Å². The van der Waals surface area contributed by atoms with E-state index >= 15 is 0 Å². The number of carboxylic acids is 1. The van der Waals surface area contributed by atoms with Crippen molar-refractivity contribution < 1.29 is 19.4 Å². The van der Waals surface area contributed by atoms with Gasteiger partial charge in [0, 0.05) is 6.92 Å². The Kier molecular flexibility index (Phi) is 13.1. The van der Waals surface area contributed by atoms with E-state index in [1.54, 1.807) is 6.07 Å². The van der Waals surface area contributed by atoms with E-state index in [4.69, 9.17) is 4.74 Å². The zero-order valence-corrected chi connectivity index (χ0v) is 17.8. The molecule has 0 amide bonds. The summed E-state index contributed by atoms with van der Waals surface area (Å²) in [7, 11) is 0. The number of rotatable bonds is 16. The number of unbranched alkanes of at least 4 members (excludes halogenated alkanes) is 12. The van der Waals surface area contributed by atoms with Crippen LogP contribution in [0.3, 0.4) is 0 Å². The van der Waals surface area contributed by atoms with Crippen molar-refractivity contribution in [2.24, 2.45) is 0 Å². The Hall–Kier alpha value is -1.84. The number of aromatic carboxylic acids is 1. The predicted octanol–water partition coefficient (Wildman–Crippen LogP) is 6.94. The fourth-order valence-corrected chi connectivity index (χ4v) is 3.60. The number of benzene rings is 1. The second-order valence-corrected chi connectivity index (χ2v) is 7.68. The molecule has 0 spiro atoms. The summed E-state index contributed by atoms with van der Waals surface area (Å²) in [6.07, 6.45) is 17.5. The van der Waals surface area contributed by atoms with Crippen molar-refractivity contribution in [3.05, 3.63) is 29.3 Å². The molecule has 28 heavy (non-hydrogen) atoms. The maximum atomic E-state index is 11.6. The summed E-state index contributed by atoms with van der Waals surface area (Å²) in [5.74, 6) is -1.39. The molecule has 1 aromatic rings. The number of hydrogen-bond donors (Lipinski definition) is 1. The Labute approximate surface area is 170 Å². The summed E-state index contributed by atoms with van der Waals surface area (Å²) in [5.41, 5.74) is 0.867. The molecule has 0 aromatic heterocycles. The van der Waals surface area contributed by atoms with Crippen molar-refractivity contribution in [1.82, 2.24) is 0 Å². The molecule has 0 bridgehead atoms. The van der Waals surface area contributed by atoms with Crippen LogP contribution in [0.15, 0.2) is 18.2 Å². The summed E-state index contributed by atoms with van der Waals surface area (Å²) < 4.78 is 5.05. The van der Waals surface area contributed by atoms with Crippen LogP contribution in [-0.2, 0) is 11.2 Å². The Balaban J connectivity index is 2.18. The van der Waals surface area contributed by atoms with Gasteiger partial charge < -0.3 is 9.84 Å². The SMILES string of the molecule is CCCCCCCCCCCCCCCc1cccc(OC(C)=O)c1C(=O)O. The maximum Gasteiger partial charge on any atom is 0.339 e. The first-order valence-corrected chi connectivity index (χ1v) is 11.1. The zero-order chi connectivity index (χ0) is 20.6. The van der Waals surface area contributed by atoms with Gasteiger partial charge in [-0.3, -0.25) is 4.79 Å². The molecule has 1 rings (SSSR count). The molecule has 0 unspecified atom stereocenters. The Bertz CT molecular complexity index is 580. The van der Waals surface area contributed by atoms with Crippen molar-refractivity contribution in [2.75, 3.05) is 0 Å². The lowest BCUT2D eigenvalue weighted by molar-refractivity contribution is -0.131. The molecule has 1 aromatic carbocycles. The number of carboxylic acid groups (broad SMARTS) is 1. The highest BCUT2D eigenvalue weighted by atomic mass is 16.5. The highest BCUT2D eigenvalue weighted by Crippen LogP contribution is 2.24. The van der Waals surface area contributed by atoms with Gasteiger partial charge in [-0.1, -0.05) is 96.1 Å². The number of hydrogen-bond acceptors (Lipinski definition) is 3. The minimum absolute atomic E-state index is 0.122. The first kappa shape index (κ1) is 24.2. The van der Waals surface area contributed by atoms with E-state index in [1.807, 2.05) is 6.07 Å². The topological polar surface area (TPSA) is 63.6 Å². The number of esters is 1. The molecule has 0 heterocycles. The molecule has 4 nitrogen and oxygen atoms in total. The lowest BCUT2D eigenvalue weighted by Crippen LogP contribution is -2.10. The second kappa shape index (κ2) is 15.1. The Morgan fingerprint density at radius 1 is 0.821 bits per heavy atom. The number of carbonyl (C=O) groups excluding carboxylic acids is 1. The van der Waals surface area contributed by atoms with E-state index in [9.17, 15) is 14.7 Å². The molecule has 158 valence electrons. The van der Waals surface area contributed by atoms with Crippen LogP contribution in [0, 0.1) is 0 Å². The van der Waals surface area contributed by atoms with Gasteiger partial charge in [-0.2, -0.15) is 0 Å². The van der Waals surface area contributed by atoms with Gasteiger partial charge >= 0.3 is 11.9 Å². The largest absolute Gasteiger partial charge is 0.478 e. The van der Waals surface area contributed by atoms with E-state index in [2.05, 4.69) is 6.92 Å². The lowest BCUT2D eigenvalue weighted by Gasteiger charge is -2.11. The first-order valence-electron chi connectivity index (χ1n) is 11.1. The minimum atomic E-state index is -1.04. The number of aryl methyl sites for hydroxylation is 1. The van der Waals surface area contributed by atoms with Gasteiger partial charge in [-0.15, -0.1) is 0 Å². The summed E-state index contributed by atoms with van der Waals surface area (Å²) in [4.78, 5) is 22.7. The quantitative estimate of drug-likeness (QED) is 0.188. The normalized spacial score (nSPS) is 10.8. The predicted molar refractivity (Wildman–Crippen MR) is 114 cm³/mol. The molecule has 0 saturated heterocycles. The summed E-state index contributed by atoms with van der Waals surface area (Å²) >= 11 is 0. The smallest absolute Gasteiger partial charge is 0.339 e. The molecule has 0 saturated carbocycles. The van der Waals surface area contributed by atoms with Crippen LogP contribution in [-0.4, -0.2) is 17.0 Å². The van der Waals surface area contributed by atoms with Crippen LogP contribution in [0.5, 0.6) is 5.75 Å². The van der Waals surface area contributed by atoms with Crippen LogP contribution < -0.4 is 4.74 Å². The average Bonchev–Trinajstić information content (AvgIpc) is 2.65. The molecule has 0 atom stereocenters. The number of carbonyl (C=O) groups is 2. The van der Waals surface area contributed by atoms with Crippen LogP contribution in [0.2, 0.25) is 0 Å². The molecule has 0 aliphatic carbocycles. The summed E-state index contributed by atoms with van der Waals surface area (Å²) in [6.45, 7) is 3.54. The van der Waals surface area contributed by atoms with E-state index in [0.29, 0.717) is 6.42 Å². The van der Waals surface area contributed by atoms with E-state index < -0.39 is 11.9 Å². The standard InChI is InChI=1S/C24H38O4/c1-3-4-5-6-7-8-9-10-11-12-13-14-15-17-21-18-16-19-22(28-20(2)25)23(21)24(26)27/h16,18-19H,3-15,17H2,1-2H3,(H,26,27). The third kappa shape index (κ3) is 10.5. The molecule has 0 aliphatic rings. The highest BCUT2D eigenvalue weighted by Gasteiger charge is 2.17. The van der Waals surface area contributed by atoms with Gasteiger partial charge in [-0.25, -0.2) is 4.79 Å². The van der Waals surface area contributed by atoms with Gasteiger partial charge in [0.25, 0.3) is 0 Å². The van der Waals surface area contributed by atoms with Crippen LogP contribution in [0.25, 0.3) is 0 Å². The van der Waals surface area contributed by atoms with Crippen LogP contribution in [0.4, 0.5) is 0 Å². The van der Waals surface area contributed by atoms with Crippen molar-refractivity contribution in [1.29, 1.82) is 0 Å². The van der Waals surface area contributed by atoms with Crippen molar-refractivity contribution in [2.45, 2.75) is 104 Å². The summed E-state index contributed by atoms with van der Waals surface area (Å²) in [6, 6.07) is 5.11. The van der Waals surface area contributed by atoms with E-state index in [-0.39, 0.29) is 11.3 Å². The van der Waals surface area contributed by atoms with Gasteiger partial charge in [0.15, 0.2) is 0 Å². The zero-order valence-electron chi connectivity index (χ0n) is 17.8. The molecular formula is C24H38O4. The Morgan fingerprint density at radius 2 is 1.32 bits per heavy atom. The minimum Gasteiger partial charge on any atom is -0.478 e. The van der Waals surface area contributed by atoms with Crippen LogP contribution in [0.1, 0.15) is 113 Å². The fourth-order valence-electron chi connectivity index (χ4n) is 3.60. The molecular weight excluding hydrogens is 352 g/mol. The van der Waals surface area contributed by atoms with Gasteiger partial charge in [-0.05, 0) is 24.5 Å². The second-order valence-electron chi connectivity index (χ2n) is 7.68. The number of ether oxygens (including phenoxy) is 1. The van der Waals surface area contributed by atoms with Crippen molar-refractivity contribution >= 4 is 11.9 Å². The first-order chi connectivity index (χ1) is 13.6. The average molecular weight is 391 g/mol. The van der Waals surface area contributed by atoms with Gasteiger partial charge in [0.1, 0.15) is 11.3 Å². The third-order valence-electron chi connectivity index (χ3n) is 5.13. The highest BCUT2D eigenvalue weighted by molar-refractivity contribution is 5.93. The molecule has 0 fully saturated rings. The fraction of sp³-hybridized carbons (Fsp3) is 0.667. The molecule has 0 aliphatic heterocycles. The summed E-state index contributed by atoms with van der Waals surface area (Å²) in [5, 5.41) is 9.47.